The number of para-hydroxylation sites is 1. The van der Waals surface area contributed by atoms with Crippen LogP contribution < -0.4 is 4.74 Å². The lowest BCUT2D eigenvalue weighted by molar-refractivity contribution is -0.138. The van der Waals surface area contributed by atoms with Gasteiger partial charge in [-0.1, -0.05) is 18.2 Å². The first-order chi connectivity index (χ1) is 18.1. The number of aromatic nitrogens is 2. The van der Waals surface area contributed by atoms with Crippen molar-refractivity contribution in [3.63, 3.8) is 0 Å². The van der Waals surface area contributed by atoms with Gasteiger partial charge in [-0.25, -0.2) is 4.98 Å². The van der Waals surface area contributed by atoms with Crippen LogP contribution in [-0.2, 0) is 9.59 Å². The number of amides is 2. The van der Waals surface area contributed by atoms with Crippen molar-refractivity contribution in [2.75, 3.05) is 46.4 Å². The van der Waals surface area contributed by atoms with E-state index in [9.17, 15) is 9.59 Å². The summed E-state index contributed by atoms with van der Waals surface area (Å²) in [6.07, 6.45) is 5.94. The van der Waals surface area contributed by atoms with Crippen molar-refractivity contribution in [3.8, 4) is 17.0 Å². The maximum atomic E-state index is 13.5. The van der Waals surface area contributed by atoms with Crippen molar-refractivity contribution < 1.29 is 14.3 Å². The lowest BCUT2D eigenvalue weighted by Gasteiger charge is -2.32. The first-order valence-electron chi connectivity index (χ1n) is 12.9. The molecular weight excluding hydrogens is 486 g/mol. The predicted octanol–water partition coefficient (Wildman–Crippen LogP) is 3.73. The van der Waals surface area contributed by atoms with Crippen molar-refractivity contribution in [1.29, 1.82) is 0 Å². The number of pyridine rings is 1. The van der Waals surface area contributed by atoms with Crippen LogP contribution in [0.4, 0.5) is 0 Å². The Morgan fingerprint density at radius 3 is 2.49 bits per heavy atom. The number of carbonyl (C=O) groups excluding carboxylic acids is 2. The average molecular weight is 520 g/mol. The van der Waals surface area contributed by atoms with E-state index in [2.05, 4.69) is 16.9 Å². The highest BCUT2D eigenvalue weighted by Gasteiger charge is 2.35. The number of nitrogens with zero attached hydrogens (tertiary/aromatic N) is 5. The third-order valence-electron chi connectivity index (χ3n) is 7.25. The summed E-state index contributed by atoms with van der Waals surface area (Å²) in [7, 11) is 2.10. The van der Waals surface area contributed by atoms with Crippen LogP contribution in [0.1, 0.15) is 30.3 Å². The molecule has 0 radical (unpaired) electrons. The van der Waals surface area contributed by atoms with E-state index >= 15 is 0 Å². The molecule has 8 nitrogen and oxygen atoms in total. The minimum Gasteiger partial charge on any atom is -0.484 e. The lowest BCUT2D eigenvalue weighted by Crippen LogP contribution is -2.44. The summed E-state index contributed by atoms with van der Waals surface area (Å²) in [6, 6.07) is 13.0. The van der Waals surface area contributed by atoms with Crippen molar-refractivity contribution >= 4 is 23.2 Å². The first kappa shape index (κ1) is 25.4. The summed E-state index contributed by atoms with van der Waals surface area (Å²) in [5.74, 6) is 0.855. The molecule has 3 aromatic rings. The van der Waals surface area contributed by atoms with Crippen LogP contribution in [0.25, 0.3) is 11.3 Å². The fraction of sp³-hybridized carbons (Fsp3) is 0.429. The van der Waals surface area contributed by atoms with Gasteiger partial charge in [-0.3, -0.25) is 14.6 Å². The SMILES string of the molecule is CN1CCC(C(=O)N2CCC(c3nc(-c4ccncc4)cs3)N(C(=O)COc3ccccc3)CC2)CC1. The Morgan fingerprint density at radius 2 is 1.73 bits per heavy atom. The molecule has 0 aliphatic carbocycles. The van der Waals surface area contributed by atoms with Gasteiger partial charge in [-0.15, -0.1) is 11.3 Å². The summed E-state index contributed by atoms with van der Waals surface area (Å²) in [6.45, 7) is 3.46. The number of piperidine rings is 1. The highest BCUT2D eigenvalue weighted by Crippen LogP contribution is 2.33. The molecule has 2 aromatic heterocycles. The van der Waals surface area contributed by atoms with Crippen LogP contribution in [0.15, 0.2) is 60.2 Å². The van der Waals surface area contributed by atoms with E-state index in [0.717, 1.165) is 42.2 Å². The maximum absolute atomic E-state index is 13.5. The number of carbonyl (C=O) groups is 2. The Balaban J connectivity index is 1.34. The van der Waals surface area contributed by atoms with Crippen molar-refractivity contribution in [1.82, 2.24) is 24.7 Å². The van der Waals surface area contributed by atoms with Crippen molar-refractivity contribution in [2.24, 2.45) is 5.92 Å². The molecule has 2 aliphatic heterocycles. The predicted molar refractivity (Wildman–Crippen MR) is 143 cm³/mol. The van der Waals surface area contributed by atoms with Crippen LogP contribution in [0, 0.1) is 5.92 Å². The van der Waals surface area contributed by atoms with Crippen LogP contribution >= 0.6 is 11.3 Å². The zero-order valence-electron chi connectivity index (χ0n) is 21.2. The minimum atomic E-state index is -0.206. The zero-order valence-corrected chi connectivity index (χ0v) is 22.0. The fourth-order valence-corrected chi connectivity index (χ4v) is 6.03. The van der Waals surface area contributed by atoms with Crippen molar-refractivity contribution in [3.05, 3.63) is 65.2 Å². The maximum Gasteiger partial charge on any atom is 0.261 e. The number of thiazole rings is 1. The molecule has 1 atom stereocenters. The summed E-state index contributed by atoms with van der Waals surface area (Å²) < 4.78 is 5.80. The Hall–Kier alpha value is -3.30. The van der Waals surface area contributed by atoms with E-state index in [0.29, 0.717) is 31.8 Å². The lowest BCUT2D eigenvalue weighted by atomic mass is 9.95. The fourth-order valence-electron chi connectivity index (χ4n) is 5.06. The van der Waals surface area contributed by atoms with Gasteiger partial charge in [0.2, 0.25) is 5.91 Å². The van der Waals surface area contributed by atoms with E-state index in [1.54, 1.807) is 23.7 Å². The highest BCUT2D eigenvalue weighted by molar-refractivity contribution is 7.10. The second-order valence-electron chi connectivity index (χ2n) is 9.70. The Bertz CT molecular complexity index is 1180. The summed E-state index contributed by atoms with van der Waals surface area (Å²) in [5, 5.41) is 2.91. The number of hydrogen-bond donors (Lipinski definition) is 0. The van der Waals surface area contributed by atoms with Gasteiger partial charge in [0.05, 0.1) is 11.7 Å². The Kier molecular flexibility index (Phi) is 8.11. The van der Waals surface area contributed by atoms with Gasteiger partial charge in [0, 0.05) is 48.9 Å². The minimum absolute atomic E-state index is 0.0496. The molecule has 194 valence electrons. The molecule has 2 aliphatic rings. The van der Waals surface area contributed by atoms with Gasteiger partial charge in [-0.05, 0) is 63.7 Å². The van der Waals surface area contributed by atoms with Gasteiger partial charge in [0.1, 0.15) is 10.8 Å². The van der Waals surface area contributed by atoms with Crippen LogP contribution in [0.2, 0.25) is 0 Å². The van der Waals surface area contributed by atoms with Crippen LogP contribution in [0.3, 0.4) is 0 Å². The quantitative estimate of drug-likeness (QED) is 0.494. The molecular formula is C28H33N5O3S. The first-order valence-corrected chi connectivity index (χ1v) is 13.8. The highest BCUT2D eigenvalue weighted by atomic mass is 32.1. The summed E-state index contributed by atoms with van der Waals surface area (Å²) in [4.78, 5) is 42.0. The van der Waals surface area contributed by atoms with Crippen LogP contribution in [-0.4, -0.2) is 82.9 Å². The molecule has 0 spiro atoms. The topological polar surface area (TPSA) is 78.9 Å². The summed E-state index contributed by atoms with van der Waals surface area (Å²) in [5.41, 5.74) is 1.87. The largest absolute Gasteiger partial charge is 0.484 e. The summed E-state index contributed by atoms with van der Waals surface area (Å²) >= 11 is 1.56. The van der Waals surface area contributed by atoms with E-state index in [-0.39, 0.29) is 30.4 Å². The third kappa shape index (κ3) is 6.17. The molecule has 0 N–H and O–H groups in total. The smallest absolute Gasteiger partial charge is 0.261 e. The molecule has 2 amide bonds. The standard InChI is InChI=1S/C28H33N5O3S/c1-31-14-9-22(10-15-31)28(35)32-16-11-25(27-30-24(20-37-27)21-7-12-29-13-8-21)33(18-17-32)26(34)19-36-23-5-3-2-4-6-23/h2-8,12-13,20,22,25H,9-11,14-19H2,1H3. The van der Waals surface area contributed by atoms with Gasteiger partial charge >= 0.3 is 0 Å². The molecule has 9 heteroatoms. The Morgan fingerprint density at radius 1 is 0.973 bits per heavy atom. The van der Waals surface area contributed by atoms with Gasteiger partial charge in [0.15, 0.2) is 6.61 Å². The van der Waals surface area contributed by atoms with E-state index in [1.165, 1.54) is 0 Å². The molecule has 1 unspecified atom stereocenters. The van der Waals surface area contributed by atoms with Gasteiger partial charge in [0.25, 0.3) is 5.91 Å². The van der Waals surface area contributed by atoms with E-state index < -0.39 is 0 Å². The molecule has 37 heavy (non-hydrogen) atoms. The number of rotatable bonds is 6. The second-order valence-corrected chi connectivity index (χ2v) is 10.6. The second kappa shape index (κ2) is 11.8. The normalized spacial score (nSPS) is 19.4. The number of ether oxygens (including phenoxy) is 1. The molecule has 5 rings (SSSR count). The van der Waals surface area contributed by atoms with Crippen LogP contribution in [0.5, 0.6) is 5.75 Å². The zero-order chi connectivity index (χ0) is 25.6. The van der Waals surface area contributed by atoms with Gasteiger partial charge in [-0.2, -0.15) is 0 Å². The third-order valence-corrected chi connectivity index (χ3v) is 8.19. The molecule has 2 saturated heterocycles. The molecule has 0 saturated carbocycles. The molecule has 0 bridgehead atoms. The molecule has 4 heterocycles. The number of hydrogen-bond acceptors (Lipinski definition) is 7. The van der Waals surface area contributed by atoms with E-state index in [1.807, 2.05) is 57.6 Å². The molecule has 1 aromatic carbocycles. The number of likely N-dealkylation sites (tertiary alicyclic amines) is 1. The molecule has 2 fully saturated rings. The average Bonchev–Trinajstić information content (AvgIpc) is 3.33. The Labute approximate surface area is 221 Å². The monoisotopic (exact) mass is 519 g/mol. The van der Waals surface area contributed by atoms with E-state index in [4.69, 9.17) is 9.72 Å². The number of benzene rings is 1. The van der Waals surface area contributed by atoms with Crippen molar-refractivity contribution in [2.45, 2.75) is 25.3 Å². The van der Waals surface area contributed by atoms with Gasteiger partial charge < -0.3 is 19.4 Å².